The normalized spacial score (nSPS) is 10.5. The van der Waals surface area contributed by atoms with Gasteiger partial charge in [0.05, 0.1) is 4.88 Å². The predicted octanol–water partition coefficient (Wildman–Crippen LogP) is 5.85. The van der Waals surface area contributed by atoms with Gasteiger partial charge >= 0.3 is 0 Å². The summed E-state index contributed by atoms with van der Waals surface area (Å²) in [5.41, 5.74) is 3.90. The molecule has 25 heavy (non-hydrogen) atoms. The van der Waals surface area contributed by atoms with Crippen molar-refractivity contribution in [3.05, 3.63) is 80.5 Å². The number of amides is 1. The van der Waals surface area contributed by atoms with E-state index in [-0.39, 0.29) is 5.91 Å². The molecule has 3 aromatic rings. The van der Waals surface area contributed by atoms with Gasteiger partial charge in [0, 0.05) is 16.3 Å². The summed E-state index contributed by atoms with van der Waals surface area (Å²) in [4.78, 5) is 13.0. The molecule has 0 bridgehead atoms. The quantitative estimate of drug-likeness (QED) is 0.610. The van der Waals surface area contributed by atoms with Crippen molar-refractivity contribution >= 4 is 34.5 Å². The number of nitrogens with one attached hydrogen (secondary N) is 1. The maximum absolute atomic E-state index is 12.3. The molecule has 0 aliphatic rings. The lowest BCUT2D eigenvalue weighted by molar-refractivity contribution is 0.103. The molecule has 5 heteroatoms. The largest absolute Gasteiger partial charge is 0.489 e. The maximum atomic E-state index is 12.3. The summed E-state index contributed by atoms with van der Waals surface area (Å²) >= 11 is 7.36. The fourth-order valence-electron chi connectivity index (χ4n) is 2.34. The van der Waals surface area contributed by atoms with Gasteiger partial charge in [0.2, 0.25) is 0 Å². The molecule has 0 aliphatic heterocycles. The van der Waals surface area contributed by atoms with Gasteiger partial charge in [0.15, 0.2) is 0 Å². The Morgan fingerprint density at radius 1 is 1.12 bits per heavy atom. The average molecular weight is 372 g/mol. The number of rotatable bonds is 5. The number of benzene rings is 2. The van der Waals surface area contributed by atoms with Crippen LogP contribution in [0.25, 0.3) is 0 Å². The third-order valence-corrected chi connectivity index (χ3v) is 4.93. The zero-order valence-corrected chi connectivity index (χ0v) is 15.6. The van der Waals surface area contributed by atoms with Gasteiger partial charge < -0.3 is 10.1 Å². The van der Waals surface area contributed by atoms with E-state index in [2.05, 4.69) is 5.32 Å². The Morgan fingerprint density at radius 3 is 2.60 bits per heavy atom. The van der Waals surface area contributed by atoms with Gasteiger partial charge in [-0.2, -0.15) is 0 Å². The van der Waals surface area contributed by atoms with E-state index in [1.54, 1.807) is 6.07 Å². The van der Waals surface area contributed by atoms with Gasteiger partial charge in [-0.15, -0.1) is 11.3 Å². The van der Waals surface area contributed by atoms with E-state index in [1.807, 2.05) is 61.7 Å². The molecular weight excluding hydrogens is 354 g/mol. The van der Waals surface area contributed by atoms with E-state index in [9.17, 15) is 4.79 Å². The lowest BCUT2D eigenvalue weighted by Crippen LogP contribution is -2.10. The molecule has 0 aliphatic carbocycles. The van der Waals surface area contributed by atoms with Crippen LogP contribution in [0.5, 0.6) is 5.75 Å². The summed E-state index contributed by atoms with van der Waals surface area (Å²) < 4.78 is 5.82. The van der Waals surface area contributed by atoms with Gasteiger partial charge in [0.25, 0.3) is 5.91 Å². The molecule has 0 saturated heterocycles. The highest BCUT2D eigenvalue weighted by Crippen LogP contribution is 2.24. The zero-order chi connectivity index (χ0) is 17.8. The Labute approximate surface area is 156 Å². The monoisotopic (exact) mass is 371 g/mol. The van der Waals surface area contributed by atoms with Crippen LogP contribution in [0.2, 0.25) is 5.02 Å². The van der Waals surface area contributed by atoms with E-state index < -0.39 is 0 Å². The second-order valence-electron chi connectivity index (χ2n) is 5.84. The Bertz CT molecular complexity index is 887. The zero-order valence-electron chi connectivity index (χ0n) is 14.0. The molecule has 0 saturated carbocycles. The third-order valence-electron chi connectivity index (χ3n) is 3.72. The highest BCUT2D eigenvalue weighted by Gasteiger charge is 2.10. The van der Waals surface area contributed by atoms with Crippen LogP contribution in [0.15, 0.2) is 53.9 Å². The van der Waals surface area contributed by atoms with Gasteiger partial charge in [-0.25, -0.2) is 0 Å². The molecule has 3 nitrogen and oxygen atoms in total. The number of hydrogen-bond acceptors (Lipinski definition) is 3. The molecular formula is C20H18ClNO2S. The number of carbonyl (C=O) groups excluding carboxylic acids is 1. The lowest BCUT2D eigenvalue weighted by atomic mass is 10.2. The molecule has 0 unspecified atom stereocenters. The number of anilines is 1. The molecule has 1 N–H and O–H groups in total. The molecule has 1 heterocycles. The topological polar surface area (TPSA) is 38.3 Å². The minimum Gasteiger partial charge on any atom is -0.489 e. The van der Waals surface area contributed by atoms with Crippen LogP contribution in [0, 0.1) is 13.8 Å². The highest BCUT2D eigenvalue weighted by atomic mass is 35.5. The second kappa shape index (κ2) is 7.72. The summed E-state index contributed by atoms with van der Waals surface area (Å²) in [6.45, 7) is 4.38. The minimum absolute atomic E-state index is 0.109. The molecule has 0 atom stereocenters. The molecule has 0 radical (unpaired) electrons. The van der Waals surface area contributed by atoms with E-state index in [0.717, 1.165) is 28.1 Å². The van der Waals surface area contributed by atoms with Crippen molar-refractivity contribution in [3.63, 3.8) is 0 Å². The Balaban J connectivity index is 1.61. The van der Waals surface area contributed by atoms with Crippen molar-refractivity contribution in [2.75, 3.05) is 5.32 Å². The predicted molar refractivity (Wildman–Crippen MR) is 104 cm³/mol. The van der Waals surface area contributed by atoms with E-state index in [4.69, 9.17) is 16.3 Å². The number of thiophene rings is 1. The van der Waals surface area contributed by atoms with Crippen molar-refractivity contribution < 1.29 is 9.53 Å². The molecule has 3 rings (SSSR count). The summed E-state index contributed by atoms with van der Waals surface area (Å²) in [5, 5.41) is 5.53. The SMILES string of the molecule is Cc1ccc(NC(=O)c2cc(COc3ccc(Cl)cc3C)cs2)cc1. The Kier molecular flexibility index (Phi) is 5.41. The lowest BCUT2D eigenvalue weighted by Gasteiger charge is -2.08. The van der Waals surface area contributed by atoms with Gasteiger partial charge in [-0.3, -0.25) is 4.79 Å². The van der Waals surface area contributed by atoms with Crippen molar-refractivity contribution in [2.24, 2.45) is 0 Å². The van der Waals surface area contributed by atoms with Crippen molar-refractivity contribution in [1.82, 2.24) is 0 Å². The maximum Gasteiger partial charge on any atom is 0.265 e. The van der Waals surface area contributed by atoms with Crippen LogP contribution in [-0.4, -0.2) is 5.91 Å². The van der Waals surface area contributed by atoms with E-state index in [0.29, 0.717) is 16.5 Å². The number of ether oxygens (including phenoxy) is 1. The van der Waals surface area contributed by atoms with Crippen molar-refractivity contribution in [1.29, 1.82) is 0 Å². The van der Waals surface area contributed by atoms with Crippen LogP contribution >= 0.6 is 22.9 Å². The fraction of sp³-hybridized carbons (Fsp3) is 0.150. The molecule has 128 valence electrons. The molecule has 0 fully saturated rings. The van der Waals surface area contributed by atoms with E-state index in [1.165, 1.54) is 11.3 Å². The van der Waals surface area contributed by atoms with Crippen LogP contribution < -0.4 is 10.1 Å². The molecule has 1 amide bonds. The number of halogens is 1. The van der Waals surface area contributed by atoms with Crippen molar-refractivity contribution in [3.8, 4) is 5.75 Å². The standard InChI is InChI=1S/C20H18ClNO2S/c1-13-3-6-17(7-4-13)22-20(23)19-10-15(12-25-19)11-24-18-8-5-16(21)9-14(18)2/h3-10,12H,11H2,1-2H3,(H,22,23). The number of hydrogen-bond donors (Lipinski definition) is 1. The van der Waals surface area contributed by atoms with Crippen LogP contribution in [0.1, 0.15) is 26.4 Å². The third kappa shape index (κ3) is 4.62. The fourth-order valence-corrected chi connectivity index (χ4v) is 3.35. The first-order valence-electron chi connectivity index (χ1n) is 7.85. The Morgan fingerprint density at radius 2 is 1.88 bits per heavy atom. The number of aryl methyl sites for hydroxylation is 2. The van der Waals surface area contributed by atoms with Gasteiger partial charge in [-0.1, -0.05) is 29.3 Å². The first-order valence-corrected chi connectivity index (χ1v) is 9.11. The molecule has 0 spiro atoms. The smallest absolute Gasteiger partial charge is 0.265 e. The number of carbonyl (C=O) groups is 1. The highest BCUT2D eigenvalue weighted by molar-refractivity contribution is 7.12. The first kappa shape index (κ1) is 17.5. The van der Waals surface area contributed by atoms with Crippen LogP contribution in [-0.2, 0) is 6.61 Å². The van der Waals surface area contributed by atoms with Crippen molar-refractivity contribution in [2.45, 2.75) is 20.5 Å². The van der Waals surface area contributed by atoms with Crippen LogP contribution in [0.3, 0.4) is 0 Å². The Hall–Kier alpha value is -2.30. The second-order valence-corrected chi connectivity index (χ2v) is 7.19. The van der Waals surface area contributed by atoms with Crippen LogP contribution in [0.4, 0.5) is 5.69 Å². The van der Waals surface area contributed by atoms with E-state index >= 15 is 0 Å². The summed E-state index contributed by atoms with van der Waals surface area (Å²) in [6.07, 6.45) is 0. The van der Waals surface area contributed by atoms with Gasteiger partial charge in [0.1, 0.15) is 12.4 Å². The van der Waals surface area contributed by atoms with Gasteiger partial charge in [-0.05, 0) is 61.2 Å². The summed E-state index contributed by atoms with van der Waals surface area (Å²) in [7, 11) is 0. The first-order chi connectivity index (χ1) is 12.0. The molecule has 2 aromatic carbocycles. The summed E-state index contributed by atoms with van der Waals surface area (Å²) in [5.74, 6) is 0.684. The minimum atomic E-state index is -0.109. The average Bonchev–Trinajstić information content (AvgIpc) is 3.05. The molecule has 1 aromatic heterocycles. The summed E-state index contributed by atoms with van der Waals surface area (Å²) in [6, 6.07) is 15.1.